The molecule has 0 bridgehead atoms. The molecule has 114 valence electrons. The molecule has 1 aromatic heterocycles. The molecule has 0 unspecified atom stereocenters. The maximum absolute atomic E-state index is 11.9. The molecule has 8 heteroatoms. The molecule has 0 aliphatic rings. The lowest BCUT2D eigenvalue weighted by Gasteiger charge is -2.04. The summed E-state index contributed by atoms with van der Waals surface area (Å²) >= 11 is 4.50. The van der Waals surface area contributed by atoms with Crippen LogP contribution in [0.25, 0.3) is 0 Å². The van der Waals surface area contributed by atoms with E-state index < -0.39 is 10.9 Å². The van der Waals surface area contributed by atoms with Gasteiger partial charge in [-0.2, -0.15) is 0 Å². The average molecular weight is 384 g/mol. The number of nitro benzene ring substituents is 1. The number of benzene rings is 1. The lowest BCUT2D eigenvalue weighted by Crippen LogP contribution is -2.13. The van der Waals surface area contributed by atoms with Gasteiger partial charge in [0.15, 0.2) is 6.61 Å². The molecule has 1 aromatic carbocycles. The highest BCUT2D eigenvalue weighted by atomic mass is 79.9. The predicted molar refractivity (Wildman–Crippen MR) is 84.5 cm³/mol. The minimum absolute atomic E-state index is 0.0731. The second kappa shape index (κ2) is 6.80. The molecule has 6 nitrogen and oxygen atoms in total. The van der Waals surface area contributed by atoms with Gasteiger partial charge in [-0.25, -0.2) is 4.79 Å². The lowest BCUT2D eigenvalue weighted by atomic mass is 10.1. The third-order valence-electron chi connectivity index (χ3n) is 2.81. The molecule has 22 heavy (non-hydrogen) atoms. The third kappa shape index (κ3) is 3.77. The summed E-state index contributed by atoms with van der Waals surface area (Å²) in [6.07, 6.45) is 0. The number of carbonyl (C=O) groups excluding carboxylic acids is 2. The summed E-state index contributed by atoms with van der Waals surface area (Å²) in [6.45, 7) is 1.16. The van der Waals surface area contributed by atoms with E-state index in [9.17, 15) is 19.7 Å². The third-order valence-corrected chi connectivity index (χ3v) is 4.48. The Morgan fingerprint density at radius 1 is 1.32 bits per heavy atom. The van der Waals surface area contributed by atoms with E-state index in [-0.39, 0.29) is 23.6 Å². The molecule has 0 saturated carbocycles. The number of Topliss-reactive ketones (excluding diaryl/α,β-unsaturated/α-hetero) is 1. The van der Waals surface area contributed by atoms with Gasteiger partial charge in [0, 0.05) is 11.6 Å². The number of nitrogens with zero attached hydrogens (tertiary/aromatic N) is 1. The van der Waals surface area contributed by atoms with Crippen molar-refractivity contribution in [1.29, 1.82) is 0 Å². The van der Waals surface area contributed by atoms with Crippen LogP contribution >= 0.6 is 27.3 Å². The van der Waals surface area contributed by atoms with Crippen LogP contribution in [0, 0.1) is 17.0 Å². The highest BCUT2D eigenvalue weighted by molar-refractivity contribution is 9.11. The Kier molecular flexibility index (Phi) is 5.04. The van der Waals surface area contributed by atoms with Gasteiger partial charge in [-0.05, 0) is 47.1 Å². The zero-order chi connectivity index (χ0) is 16.3. The summed E-state index contributed by atoms with van der Waals surface area (Å²) in [6, 6.07) is 7.29. The van der Waals surface area contributed by atoms with E-state index in [0.717, 1.165) is 3.79 Å². The van der Waals surface area contributed by atoms with Crippen molar-refractivity contribution in [3.63, 3.8) is 0 Å². The lowest BCUT2D eigenvalue weighted by molar-refractivity contribution is -0.385. The Labute approximate surface area is 138 Å². The molecular formula is C14H10BrNO5S. The van der Waals surface area contributed by atoms with E-state index in [0.29, 0.717) is 10.4 Å². The van der Waals surface area contributed by atoms with E-state index in [4.69, 9.17) is 4.74 Å². The molecule has 0 spiro atoms. The molecule has 0 saturated heterocycles. The topological polar surface area (TPSA) is 86.5 Å². The van der Waals surface area contributed by atoms with Crippen molar-refractivity contribution in [3.8, 4) is 0 Å². The van der Waals surface area contributed by atoms with Crippen LogP contribution in [0.1, 0.15) is 25.6 Å². The molecule has 0 aliphatic heterocycles. The minimum atomic E-state index is -0.693. The zero-order valence-corrected chi connectivity index (χ0v) is 13.8. The number of ether oxygens (including phenoxy) is 1. The Hall–Kier alpha value is -2.06. The van der Waals surface area contributed by atoms with Gasteiger partial charge in [-0.15, -0.1) is 11.3 Å². The molecule has 0 atom stereocenters. The van der Waals surface area contributed by atoms with Gasteiger partial charge in [-0.3, -0.25) is 14.9 Å². The Morgan fingerprint density at radius 3 is 2.59 bits per heavy atom. The van der Waals surface area contributed by atoms with E-state index in [1.165, 1.54) is 36.5 Å². The number of rotatable bonds is 5. The predicted octanol–water partition coefficient (Wildman–Crippen LogP) is 3.77. The summed E-state index contributed by atoms with van der Waals surface area (Å²) in [7, 11) is 0. The largest absolute Gasteiger partial charge is 0.454 e. The van der Waals surface area contributed by atoms with Gasteiger partial charge in [0.2, 0.25) is 5.78 Å². The SMILES string of the molecule is Cc1cc(C(=O)OCC(=O)c2ccc(Br)s2)ccc1[N+](=O)[O-]. The van der Waals surface area contributed by atoms with Crippen molar-refractivity contribution in [2.75, 3.05) is 6.61 Å². The number of esters is 1. The van der Waals surface area contributed by atoms with Crippen molar-refractivity contribution in [3.05, 3.63) is 60.2 Å². The van der Waals surface area contributed by atoms with Gasteiger partial charge in [-0.1, -0.05) is 0 Å². The number of carbonyl (C=O) groups is 2. The summed E-state index contributed by atoms with van der Waals surface area (Å²) in [4.78, 5) is 34.4. The fraction of sp³-hybridized carbons (Fsp3) is 0.143. The fourth-order valence-corrected chi connectivity index (χ4v) is 3.05. The minimum Gasteiger partial charge on any atom is -0.454 e. The number of hydrogen-bond donors (Lipinski definition) is 0. The first-order valence-corrected chi connectivity index (χ1v) is 7.70. The maximum Gasteiger partial charge on any atom is 0.338 e. The van der Waals surface area contributed by atoms with Crippen LogP contribution < -0.4 is 0 Å². The molecule has 0 amide bonds. The zero-order valence-electron chi connectivity index (χ0n) is 11.4. The molecule has 0 N–H and O–H groups in total. The smallest absolute Gasteiger partial charge is 0.338 e. The van der Waals surface area contributed by atoms with E-state index in [2.05, 4.69) is 15.9 Å². The number of aryl methyl sites for hydroxylation is 1. The average Bonchev–Trinajstić information content (AvgIpc) is 2.90. The first-order valence-electron chi connectivity index (χ1n) is 6.09. The van der Waals surface area contributed by atoms with Gasteiger partial charge < -0.3 is 4.74 Å². The Bertz CT molecular complexity index is 755. The Morgan fingerprint density at radius 2 is 2.05 bits per heavy atom. The summed E-state index contributed by atoms with van der Waals surface area (Å²) < 4.78 is 5.76. The first kappa shape index (κ1) is 16.3. The molecular weight excluding hydrogens is 374 g/mol. The number of ketones is 1. The van der Waals surface area contributed by atoms with Crippen LogP contribution in [0.15, 0.2) is 34.1 Å². The van der Waals surface area contributed by atoms with Gasteiger partial charge in [0.05, 0.1) is 19.2 Å². The monoisotopic (exact) mass is 383 g/mol. The van der Waals surface area contributed by atoms with Crippen molar-refractivity contribution in [2.24, 2.45) is 0 Å². The summed E-state index contributed by atoms with van der Waals surface area (Å²) in [5.41, 5.74) is 0.451. The van der Waals surface area contributed by atoms with Crippen molar-refractivity contribution >= 4 is 44.7 Å². The van der Waals surface area contributed by atoms with Crippen molar-refractivity contribution < 1.29 is 19.2 Å². The van der Waals surface area contributed by atoms with Crippen LogP contribution in [0.3, 0.4) is 0 Å². The van der Waals surface area contributed by atoms with Crippen LogP contribution in [-0.2, 0) is 4.74 Å². The molecule has 0 aliphatic carbocycles. The quantitative estimate of drug-likeness (QED) is 0.339. The van der Waals surface area contributed by atoms with Crippen LogP contribution in [0.2, 0.25) is 0 Å². The highest BCUT2D eigenvalue weighted by Crippen LogP contribution is 2.23. The molecule has 0 radical (unpaired) electrons. The molecule has 1 heterocycles. The highest BCUT2D eigenvalue weighted by Gasteiger charge is 2.16. The number of hydrogen-bond acceptors (Lipinski definition) is 6. The number of nitro groups is 1. The standard InChI is InChI=1S/C14H10BrNO5S/c1-8-6-9(2-3-10(8)16(19)20)14(18)21-7-11(17)12-4-5-13(15)22-12/h2-6H,7H2,1H3. The number of thiophene rings is 1. The maximum atomic E-state index is 11.9. The molecule has 2 rings (SSSR count). The molecule has 2 aromatic rings. The fourth-order valence-electron chi connectivity index (χ4n) is 1.74. The van der Waals surface area contributed by atoms with Crippen LogP contribution in [0.4, 0.5) is 5.69 Å². The van der Waals surface area contributed by atoms with Crippen LogP contribution in [0.5, 0.6) is 0 Å². The van der Waals surface area contributed by atoms with Crippen molar-refractivity contribution in [2.45, 2.75) is 6.92 Å². The number of halogens is 1. The van der Waals surface area contributed by atoms with E-state index >= 15 is 0 Å². The van der Waals surface area contributed by atoms with E-state index in [1.54, 1.807) is 12.1 Å². The second-order valence-electron chi connectivity index (χ2n) is 4.36. The van der Waals surface area contributed by atoms with Crippen LogP contribution in [-0.4, -0.2) is 23.3 Å². The molecule has 0 fully saturated rings. The first-order chi connectivity index (χ1) is 10.4. The summed E-state index contributed by atoms with van der Waals surface area (Å²) in [5.74, 6) is -0.996. The Balaban J connectivity index is 2.02. The summed E-state index contributed by atoms with van der Waals surface area (Å²) in [5, 5.41) is 10.7. The second-order valence-corrected chi connectivity index (χ2v) is 6.82. The van der Waals surface area contributed by atoms with Gasteiger partial charge in [0.25, 0.3) is 5.69 Å². The van der Waals surface area contributed by atoms with Gasteiger partial charge >= 0.3 is 5.97 Å². The van der Waals surface area contributed by atoms with Crippen molar-refractivity contribution in [1.82, 2.24) is 0 Å². The normalized spacial score (nSPS) is 10.3. The van der Waals surface area contributed by atoms with E-state index in [1.807, 2.05) is 0 Å². The van der Waals surface area contributed by atoms with Gasteiger partial charge in [0.1, 0.15) is 0 Å².